The van der Waals surface area contributed by atoms with E-state index in [4.69, 9.17) is 42.1 Å². The number of rotatable bonds is 16. The maximum Gasteiger partial charge on any atom is 0.415 e. The van der Waals surface area contributed by atoms with E-state index in [1.54, 1.807) is 49.4 Å². The average molecular weight is 626 g/mol. The van der Waals surface area contributed by atoms with Crippen LogP contribution in [0.3, 0.4) is 0 Å². The predicted octanol–water partition coefficient (Wildman–Crippen LogP) is 6.79. The number of aliphatic carboxylic acids is 1. The van der Waals surface area contributed by atoms with E-state index in [2.05, 4.69) is 0 Å². The fourth-order valence-electron chi connectivity index (χ4n) is 3.88. The number of carbonyl (C=O) groups excluding carboxylic acids is 1. The number of nitrogens with zero attached hydrogens (tertiary/aromatic N) is 1. The second-order valence-electron chi connectivity index (χ2n) is 9.09. The van der Waals surface area contributed by atoms with E-state index in [0.29, 0.717) is 34.9 Å². The molecule has 1 unspecified atom stereocenters. The van der Waals surface area contributed by atoms with Crippen LogP contribution in [-0.2, 0) is 27.3 Å². The Labute approximate surface area is 252 Å². The molecule has 0 saturated carbocycles. The lowest BCUT2D eigenvalue weighted by molar-refractivity contribution is -0.149. The van der Waals surface area contributed by atoms with Gasteiger partial charge in [0.25, 0.3) is 0 Å². The molecule has 1 atom stereocenters. The molecule has 0 bridgehead atoms. The number of hydrogen-bond acceptors (Lipinski definition) is 6. The molecule has 1 N–H and O–H groups in total. The molecule has 226 valence electrons. The molecule has 8 nitrogen and oxygen atoms in total. The highest BCUT2D eigenvalue weighted by Gasteiger charge is 2.19. The number of carboxylic acids is 1. The van der Waals surface area contributed by atoms with Gasteiger partial charge < -0.3 is 29.0 Å². The molecule has 0 radical (unpaired) electrons. The van der Waals surface area contributed by atoms with Crippen LogP contribution in [0.5, 0.6) is 11.5 Å². The van der Waals surface area contributed by atoms with Crippen LogP contribution >= 0.6 is 23.2 Å². The van der Waals surface area contributed by atoms with Gasteiger partial charge in [-0.1, -0.05) is 35.3 Å². The first kappa shape index (κ1) is 33.1. The van der Waals surface area contributed by atoms with Crippen molar-refractivity contribution in [1.82, 2.24) is 4.90 Å². The zero-order valence-electron chi connectivity index (χ0n) is 22.9. The Morgan fingerprint density at radius 2 is 1.64 bits per heavy atom. The van der Waals surface area contributed by atoms with Crippen LogP contribution in [-0.4, -0.2) is 61.1 Å². The van der Waals surface area contributed by atoms with Crippen molar-refractivity contribution in [3.63, 3.8) is 0 Å². The Bertz CT molecular complexity index is 1310. The number of halogens is 4. The highest BCUT2D eigenvalue weighted by Crippen LogP contribution is 2.21. The van der Waals surface area contributed by atoms with Crippen LogP contribution < -0.4 is 9.47 Å². The molecular formula is C30H31Cl2F2NO7. The molecular weight excluding hydrogens is 595 g/mol. The van der Waals surface area contributed by atoms with E-state index in [0.717, 1.165) is 23.3 Å². The largest absolute Gasteiger partial charge is 0.492 e. The van der Waals surface area contributed by atoms with Gasteiger partial charge in [0, 0.05) is 42.3 Å². The molecule has 0 aliphatic carbocycles. The number of carboxylic acid groups (broad SMARTS) is 1. The van der Waals surface area contributed by atoms with E-state index >= 15 is 0 Å². The minimum atomic E-state index is -1.04. The third-order valence-electron chi connectivity index (χ3n) is 5.87. The van der Waals surface area contributed by atoms with Crippen LogP contribution in [0, 0.1) is 11.6 Å². The highest BCUT2D eigenvalue weighted by atomic mass is 35.5. The van der Waals surface area contributed by atoms with Crippen molar-refractivity contribution in [3.05, 3.63) is 93.5 Å². The first-order valence-corrected chi connectivity index (χ1v) is 13.9. The summed E-state index contributed by atoms with van der Waals surface area (Å²) in [6.45, 7) is 2.95. The maximum absolute atomic E-state index is 14.1. The first-order chi connectivity index (χ1) is 20.1. The molecule has 0 saturated heterocycles. The standard InChI is InChI=1S/C30H31Cl2F2NO7/c1-2-40-28(29(36)37)16-20-4-7-25(8-5-20)41-13-11-35(30(38)42-27-9-6-24(33)18-26(27)34)10-3-12-39-19-21-14-22(31)17-23(32)15-21/h4-9,14-15,17-18,28H,2-3,10-13,16,19H2,1H3,(H,36,37). The average Bonchev–Trinajstić information content (AvgIpc) is 2.93. The summed E-state index contributed by atoms with van der Waals surface area (Å²) < 4.78 is 49.2. The van der Waals surface area contributed by atoms with E-state index in [-0.39, 0.29) is 39.3 Å². The van der Waals surface area contributed by atoms with Crippen LogP contribution in [0.25, 0.3) is 0 Å². The first-order valence-electron chi connectivity index (χ1n) is 13.1. The second kappa shape index (κ2) is 16.9. The van der Waals surface area contributed by atoms with Gasteiger partial charge in [-0.05, 0) is 66.9 Å². The molecule has 3 rings (SSSR count). The Morgan fingerprint density at radius 3 is 2.29 bits per heavy atom. The van der Waals surface area contributed by atoms with Gasteiger partial charge in [-0.2, -0.15) is 0 Å². The lowest BCUT2D eigenvalue weighted by Crippen LogP contribution is -2.38. The molecule has 0 aromatic heterocycles. The van der Waals surface area contributed by atoms with Crippen LogP contribution in [0.1, 0.15) is 24.5 Å². The van der Waals surface area contributed by atoms with E-state index in [1.165, 1.54) is 4.90 Å². The van der Waals surface area contributed by atoms with Gasteiger partial charge in [-0.15, -0.1) is 0 Å². The Kier molecular flexibility index (Phi) is 13.3. The molecule has 3 aromatic carbocycles. The Balaban J connectivity index is 1.55. The smallest absolute Gasteiger partial charge is 0.415 e. The van der Waals surface area contributed by atoms with E-state index < -0.39 is 35.6 Å². The zero-order valence-corrected chi connectivity index (χ0v) is 24.4. The minimum absolute atomic E-state index is 0.0823. The van der Waals surface area contributed by atoms with Crippen molar-refractivity contribution in [1.29, 1.82) is 0 Å². The summed E-state index contributed by atoms with van der Waals surface area (Å²) in [5.74, 6) is -2.73. The summed E-state index contributed by atoms with van der Waals surface area (Å²) in [4.78, 5) is 25.5. The Hall–Kier alpha value is -3.44. The lowest BCUT2D eigenvalue weighted by Gasteiger charge is -2.22. The SMILES string of the molecule is CCOC(Cc1ccc(OCCN(CCCOCc2cc(Cl)cc(Cl)c2)C(=O)Oc2ccc(F)cc2F)cc1)C(=O)O. The third-order valence-corrected chi connectivity index (χ3v) is 6.31. The minimum Gasteiger partial charge on any atom is -0.492 e. The number of hydrogen-bond donors (Lipinski definition) is 1. The van der Waals surface area contributed by atoms with E-state index in [1.807, 2.05) is 0 Å². The molecule has 1 amide bonds. The Morgan fingerprint density at radius 1 is 0.929 bits per heavy atom. The van der Waals surface area contributed by atoms with Crippen molar-refractivity contribution in [2.24, 2.45) is 0 Å². The summed E-state index contributed by atoms with van der Waals surface area (Å²) >= 11 is 12.0. The number of amides is 1. The summed E-state index contributed by atoms with van der Waals surface area (Å²) in [6, 6.07) is 14.6. The monoisotopic (exact) mass is 625 g/mol. The van der Waals surface area contributed by atoms with Gasteiger partial charge in [-0.25, -0.2) is 18.4 Å². The van der Waals surface area contributed by atoms with Crippen LogP contribution in [0.2, 0.25) is 10.0 Å². The number of carbonyl (C=O) groups is 2. The normalized spacial score (nSPS) is 11.6. The van der Waals surface area contributed by atoms with Crippen molar-refractivity contribution in [2.75, 3.05) is 32.9 Å². The number of benzene rings is 3. The molecule has 0 aliphatic heterocycles. The topological polar surface area (TPSA) is 94.5 Å². The number of ether oxygens (including phenoxy) is 4. The van der Waals surface area contributed by atoms with Gasteiger partial charge in [0.2, 0.25) is 0 Å². The van der Waals surface area contributed by atoms with Gasteiger partial charge in [0.05, 0.1) is 13.2 Å². The molecule has 3 aromatic rings. The van der Waals surface area contributed by atoms with Gasteiger partial charge in [0.15, 0.2) is 17.7 Å². The van der Waals surface area contributed by atoms with Gasteiger partial charge in [-0.3, -0.25) is 0 Å². The van der Waals surface area contributed by atoms with Gasteiger partial charge in [0.1, 0.15) is 18.2 Å². The predicted molar refractivity (Wildman–Crippen MR) is 153 cm³/mol. The van der Waals surface area contributed by atoms with Crippen LogP contribution in [0.15, 0.2) is 60.7 Å². The molecule has 12 heteroatoms. The van der Waals surface area contributed by atoms with Crippen molar-refractivity contribution in [3.8, 4) is 11.5 Å². The highest BCUT2D eigenvalue weighted by molar-refractivity contribution is 6.34. The molecule has 0 aliphatic rings. The van der Waals surface area contributed by atoms with Crippen molar-refractivity contribution >= 4 is 35.3 Å². The fourth-order valence-corrected chi connectivity index (χ4v) is 4.45. The van der Waals surface area contributed by atoms with E-state index in [9.17, 15) is 23.5 Å². The maximum atomic E-state index is 14.1. The van der Waals surface area contributed by atoms with Crippen LogP contribution in [0.4, 0.5) is 13.6 Å². The van der Waals surface area contributed by atoms with Gasteiger partial charge >= 0.3 is 12.1 Å². The fraction of sp³-hybridized carbons (Fsp3) is 0.333. The quantitative estimate of drug-likeness (QED) is 0.175. The molecule has 42 heavy (non-hydrogen) atoms. The molecule has 0 fully saturated rings. The van der Waals surface area contributed by atoms with Crippen molar-refractivity contribution in [2.45, 2.75) is 32.5 Å². The van der Waals surface area contributed by atoms with Crippen molar-refractivity contribution < 1.29 is 42.4 Å². The summed E-state index contributed by atoms with van der Waals surface area (Å²) in [6.07, 6.45) is -1.15. The molecule has 0 heterocycles. The summed E-state index contributed by atoms with van der Waals surface area (Å²) in [5, 5.41) is 10.3. The summed E-state index contributed by atoms with van der Waals surface area (Å²) in [7, 11) is 0. The third kappa shape index (κ3) is 11.1. The zero-order chi connectivity index (χ0) is 30.5. The molecule has 0 spiro atoms. The summed E-state index contributed by atoms with van der Waals surface area (Å²) in [5.41, 5.74) is 1.56. The second-order valence-corrected chi connectivity index (χ2v) is 9.97. The lowest BCUT2D eigenvalue weighted by atomic mass is 10.1.